The van der Waals surface area contributed by atoms with Crippen LogP contribution in [0.4, 0.5) is 5.69 Å². The Kier molecular flexibility index (Phi) is 3.68. The molecule has 98 valence electrons. The van der Waals surface area contributed by atoms with E-state index in [4.69, 9.17) is 16.3 Å². The Bertz CT molecular complexity index is 443. The minimum Gasteiger partial charge on any atom is -0.377 e. The number of halogens is 1. The highest BCUT2D eigenvalue weighted by atomic mass is 35.5. The standard InChI is InChI=1S/C13H17ClN2OS/c1-18-8-9-4-11-12(5-10(14)6-15-11)16-2-3-17-7-13(9)16/h5-6,9,13H,2-4,7-8H2,1H3. The Balaban J connectivity index is 1.97. The number of fused-ring (bicyclic) bond motifs is 3. The summed E-state index contributed by atoms with van der Waals surface area (Å²) in [5.41, 5.74) is 2.41. The van der Waals surface area contributed by atoms with Crippen LogP contribution in [0, 0.1) is 5.92 Å². The summed E-state index contributed by atoms with van der Waals surface area (Å²) in [6.07, 6.45) is 4.97. The van der Waals surface area contributed by atoms with Crippen molar-refractivity contribution < 1.29 is 4.74 Å². The molecule has 0 aromatic carbocycles. The number of hydrogen-bond donors (Lipinski definition) is 0. The molecule has 0 saturated carbocycles. The molecule has 0 spiro atoms. The number of thioether (sulfide) groups is 1. The van der Waals surface area contributed by atoms with Gasteiger partial charge in [0.15, 0.2) is 0 Å². The van der Waals surface area contributed by atoms with Gasteiger partial charge in [0.05, 0.1) is 35.7 Å². The molecule has 0 aliphatic carbocycles. The van der Waals surface area contributed by atoms with Gasteiger partial charge in [-0.25, -0.2) is 0 Å². The molecule has 1 saturated heterocycles. The van der Waals surface area contributed by atoms with Crippen LogP contribution in [0.1, 0.15) is 5.69 Å². The second kappa shape index (κ2) is 5.27. The molecule has 0 amide bonds. The van der Waals surface area contributed by atoms with E-state index in [1.807, 2.05) is 11.8 Å². The zero-order valence-corrected chi connectivity index (χ0v) is 12.0. The summed E-state index contributed by atoms with van der Waals surface area (Å²) in [6, 6.07) is 2.54. The van der Waals surface area contributed by atoms with Gasteiger partial charge in [-0.3, -0.25) is 4.98 Å². The lowest BCUT2D eigenvalue weighted by molar-refractivity contribution is 0.0755. The molecule has 1 aromatic rings. The summed E-state index contributed by atoms with van der Waals surface area (Å²) in [6.45, 7) is 2.58. The third kappa shape index (κ3) is 2.22. The SMILES string of the molecule is CSCC1Cc2ncc(Cl)cc2N2CCOCC12. The van der Waals surface area contributed by atoms with Crippen LogP contribution in [0.15, 0.2) is 12.3 Å². The van der Waals surface area contributed by atoms with Gasteiger partial charge in [-0.15, -0.1) is 0 Å². The van der Waals surface area contributed by atoms with E-state index in [1.54, 1.807) is 6.20 Å². The Morgan fingerprint density at radius 2 is 2.50 bits per heavy atom. The van der Waals surface area contributed by atoms with Crippen molar-refractivity contribution in [1.82, 2.24) is 4.98 Å². The van der Waals surface area contributed by atoms with Gasteiger partial charge in [-0.1, -0.05) is 11.6 Å². The van der Waals surface area contributed by atoms with Crippen LogP contribution in [-0.2, 0) is 11.2 Å². The molecule has 2 aliphatic heterocycles. The van der Waals surface area contributed by atoms with Crippen molar-refractivity contribution in [1.29, 1.82) is 0 Å². The summed E-state index contributed by atoms with van der Waals surface area (Å²) >= 11 is 7.99. The number of pyridine rings is 1. The van der Waals surface area contributed by atoms with Crippen molar-refractivity contribution in [3.63, 3.8) is 0 Å². The molecule has 18 heavy (non-hydrogen) atoms. The third-order valence-electron chi connectivity index (χ3n) is 3.77. The first-order valence-corrected chi connectivity index (χ1v) is 8.04. The number of rotatable bonds is 2. The minimum atomic E-state index is 0.485. The monoisotopic (exact) mass is 284 g/mol. The predicted octanol–water partition coefficient (Wildman–Crippen LogP) is 2.48. The Hall–Kier alpha value is -0.450. The van der Waals surface area contributed by atoms with E-state index >= 15 is 0 Å². The maximum absolute atomic E-state index is 6.08. The highest BCUT2D eigenvalue weighted by molar-refractivity contribution is 7.98. The van der Waals surface area contributed by atoms with Gasteiger partial charge < -0.3 is 9.64 Å². The van der Waals surface area contributed by atoms with Crippen molar-refractivity contribution in [3.8, 4) is 0 Å². The van der Waals surface area contributed by atoms with Gasteiger partial charge >= 0.3 is 0 Å². The molecule has 3 rings (SSSR count). The van der Waals surface area contributed by atoms with Crippen molar-refractivity contribution in [3.05, 3.63) is 23.0 Å². The molecule has 2 aliphatic rings. The average molecular weight is 285 g/mol. The smallest absolute Gasteiger partial charge is 0.0674 e. The second-order valence-electron chi connectivity index (χ2n) is 4.87. The average Bonchev–Trinajstić information content (AvgIpc) is 2.40. The van der Waals surface area contributed by atoms with E-state index in [1.165, 1.54) is 11.4 Å². The lowest BCUT2D eigenvalue weighted by Crippen LogP contribution is -2.53. The van der Waals surface area contributed by atoms with Crippen molar-refractivity contribution in [2.24, 2.45) is 5.92 Å². The van der Waals surface area contributed by atoms with E-state index in [9.17, 15) is 0 Å². The number of hydrogen-bond acceptors (Lipinski definition) is 4. The Labute approximate surface area is 117 Å². The maximum Gasteiger partial charge on any atom is 0.0674 e. The van der Waals surface area contributed by atoms with Gasteiger partial charge in [0.2, 0.25) is 0 Å². The predicted molar refractivity (Wildman–Crippen MR) is 76.8 cm³/mol. The molecule has 0 bridgehead atoms. The molecular formula is C13H17ClN2OS. The van der Waals surface area contributed by atoms with Crippen LogP contribution in [0.2, 0.25) is 5.02 Å². The van der Waals surface area contributed by atoms with Crippen LogP contribution < -0.4 is 4.90 Å². The lowest BCUT2D eigenvalue weighted by atomic mass is 9.89. The number of morpholine rings is 1. The van der Waals surface area contributed by atoms with E-state index < -0.39 is 0 Å². The highest BCUT2D eigenvalue weighted by Crippen LogP contribution is 2.36. The van der Waals surface area contributed by atoms with Gasteiger partial charge in [-0.2, -0.15) is 11.8 Å². The minimum absolute atomic E-state index is 0.485. The third-order valence-corrected chi connectivity index (χ3v) is 4.74. The Morgan fingerprint density at radius 1 is 1.61 bits per heavy atom. The molecule has 2 unspecified atom stereocenters. The topological polar surface area (TPSA) is 25.4 Å². The Morgan fingerprint density at radius 3 is 3.33 bits per heavy atom. The first-order chi connectivity index (χ1) is 8.79. The number of anilines is 1. The van der Waals surface area contributed by atoms with Gasteiger partial charge in [0.25, 0.3) is 0 Å². The van der Waals surface area contributed by atoms with Crippen molar-refractivity contribution in [2.75, 3.05) is 36.7 Å². The van der Waals surface area contributed by atoms with Gasteiger partial charge in [0.1, 0.15) is 0 Å². The summed E-state index contributed by atoms with van der Waals surface area (Å²) in [5, 5.41) is 0.724. The molecule has 2 atom stereocenters. The van der Waals surface area contributed by atoms with Crippen molar-refractivity contribution >= 4 is 29.1 Å². The van der Waals surface area contributed by atoms with Crippen molar-refractivity contribution in [2.45, 2.75) is 12.5 Å². The van der Waals surface area contributed by atoms with Crippen LogP contribution in [-0.4, -0.2) is 42.8 Å². The molecule has 0 radical (unpaired) electrons. The summed E-state index contributed by atoms with van der Waals surface area (Å²) in [4.78, 5) is 6.97. The lowest BCUT2D eigenvalue weighted by Gasteiger charge is -2.45. The van der Waals surface area contributed by atoms with E-state index in [2.05, 4.69) is 22.2 Å². The van der Waals surface area contributed by atoms with Crippen LogP contribution >= 0.6 is 23.4 Å². The van der Waals surface area contributed by atoms with Gasteiger partial charge in [0, 0.05) is 12.7 Å². The molecule has 1 fully saturated rings. The molecule has 0 N–H and O–H groups in total. The number of aromatic nitrogens is 1. The van der Waals surface area contributed by atoms with Crippen LogP contribution in [0.3, 0.4) is 0 Å². The van der Waals surface area contributed by atoms with Gasteiger partial charge in [-0.05, 0) is 30.4 Å². The maximum atomic E-state index is 6.08. The fourth-order valence-electron chi connectivity index (χ4n) is 2.94. The summed E-state index contributed by atoms with van der Waals surface area (Å²) < 4.78 is 5.66. The van der Waals surface area contributed by atoms with E-state index in [-0.39, 0.29) is 0 Å². The molecule has 3 nitrogen and oxygen atoms in total. The van der Waals surface area contributed by atoms with E-state index in [0.29, 0.717) is 12.0 Å². The number of nitrogens with zero attached hydrogens (tertiary/aromatic N) is 2. The largest absolute Gasteiger partial charge is 0.377 e. The first kappa shape index (κ1) is 12.6. The molecular weight excluding hydrogens is 268 g/mol. The normalized spacial score (nSPS) is 26.7. The first-order valence-electron chi connectivity index (χ1n) is 6.27. The van der Waals surface area contributed by atoms with Crippen LogP contribution in [0.25, 0.3) is 0 Å². The second-order valence-corrected chi connectivity index (χ2v) is 6.22. The number of ether oxygens (including phenoxy) is 1. The fraction of sp³-hybridized carbons (Fsp3) is 0.615. The van der Waals surface area contributed by atoms with E-state index in [0.717, 1.165) is 37.0 Å². The summed E-state index contributed by atoms with van der Waals surface area (Å²) in [7, 11) is 0. The zero-order valence-electron chi connectivity index (χ0n) is 10.4. The quantitative estimate of drug-likeness (QED) is 0.833. The van der Waals surface area contributed by atoms with Crippen LogP contribution in [0.5, 0.6) is 0 Å². The summed E-state index contributed by atoms with van der Waals surface area (Å²) in [5.74, 6) is 1.79. The fourth-order valence-corrected chi connectivity index (χ4v) is 3.86. The highest BCUT2D eigenvalue weighted by Gasteiger charge is 2.36. The zero-order chi connectivity index (χ0) is 12.5. The molecule has 1 aromatic heterocycles. The molecule has 5 heteroatoms. The molecule has 3 heterocycles.